The van der Waals surface area contributed by atoms with Gasteiger partial charge in [-0.25, -0.2) is 0 Å². The van der Waals surface area contributed by atoms with Gasteiger partial charge in [0.2, 0.25) is 12.3 Å². The van der Waals surface area contributed by atoms with Crippen molar-refractivity contribution in [1.29, 1.82) is 0 Å². The molecule has 3 aromatic carbocycles. The molecular weight excluding hydrogens is 410 g/mol. The lowest BCUT2D eigenvalue weighted by Gasteiger charge is -2.15. The number of carbonyl (C=O) groups excluding carboxylic acids is 2. The molecule has 3 aromatic rings. The van der Waals surface area contributed by atoms with Crippen LogP contribution in [0.3, 0.4) is 0 Å². The molecule has 0 aliphatic carbocycles. The highest BCUT2D eigenvalue weighted by molar-refractivity contribution is 6.30. The molecule has 1 heterocycles. The Morgan fingerprint density at radius 3 is 2.13 bits per heavy atom. The van der Waals surface area contributed by atoms with Crippen LogP contribution in [0.4, 0.5) is 0 Å². The van der Waals surface area contributed by atoms with Gasteiger partial charge in [-0.3, -0.25) is 9.59 Å². The quantitative estimate of drug-likeness (QED) is 0.613. The topological polar surface area (TPSA) is 61.2 Å². The number of nitrogens with zero attached hydrogens (tertiary/aromatic N) is 1. The number of rotatable bonds is 4. The Morgan fingerprint density at radius 2 is 1.52 bits per heavy atom. The Labute approximate surface area is 186 Å². The zero-order valence-electron chi connectivity index (χ0n) is 17.3. The second-order valence-electron chi connectivity index (χ2n) is 7.74. The normalized spacial score (nSPS) is 19.3. The van der Waals surface area contributed by atoms with Gasteiger partial charge in [-0.1, -0.05) is 59.1 Å². The number of carbonyl (C=O) groups is 2. The molecule has 156 valence electrons. The summed E-state index contributed by atoms with van der Waals surface area (Å²) < 4.78 is 1.75. The van der Waals surface area contributed by atoms with Crippen molar-refractivity contribution in [3.8, 4) is 0 Å². The Balaban J connectivity index is 1.69. The smallest absolute Gasteiger partial charge is 0.304 e. The van der Waals surface area contributed by atoms with Gasteiger partial charge in [-0.05, 0) is 50.2 Å². The van der Waals surface area contributed by atoms with E-state index in [1.54, 1.807) is 28.9 Å². The molecule has 1 aliphatic rings. The van der Waals surface area contributed by atoms with Crippen LogP contribution in [0.25, 0.3) is 0 Å². The summed E-state index contributed by atoms with van der Waals surface area (Å²) in [6.07, 6.45) is 1.84. The third-order valence-electron chi connectivity index (χ3n) is 5.31. The van der Waals surface area contributed by atoms with Gasteiger partial charge in [-0.15, -0.1) is 10.1 Å². The fourth-order valence-electron chi connectivity index (χ4n) is 3.58. The third kappa shape index (κ3) is 4.67. The number of hydrazine groups is 1. The summed E-state index contributed by atoms with van der Waals surface area (Å²) in [5, 5.41) is 3.56. The lowest BCUT2D eigenvalue weighted by molar-refractivity contribution is -0.596. The number of amides is 2. The van der Waals surface area contributed by atoms with E-state index in [4.69, 9.17) is 11.6 Å². The van der Waals surface area contributed by atoms with Gasteiger partial charge in [0, 0.05) is 21.7 Å². The lowest BCUT2D eigenvalue weighted by Crippen LogP contribution is -2.42. The van der Waals surface area contributed by atoms with E-state index >= 15 is 0 Å². The summed E-state index contributed by atoms with van der Waals surface area (Å²) in [6.45, 7) is 3.97. The minimum atomic E-state index is -0.750. The molecule has 1 fully saturated rings. The fraction of sp³-hybridized carbons (Fsp3) is 0.160. The van der Waals surface area contributed by atoms with Crippen molar-refractivity contribution in [2.24, 2.45) is 0 Å². The zero-order valence-corrected chi connectivity index (χ0v) is 18.1. The Hall–Kier alpha value is -3.44. The summed E-state index contributed by atoms with van der Waals surface area (Å²) >= 11 is 5.99. The van der Waals surface area contributed by atoms with Crippen LogP contribution in [0.1, 0.15) is 38.7 Å². The molecule has 5 nitrogen and oxygen atoms in total. The standard InChI is InChI=1S/C25H22ClN3O2/c1-16-3-9-19(10-4-16)23-22(27-24(30)20-11-5-17(2)6-12-20)25(31)28-29(23)15-18-7-13-21(26)14-8-18/h3-15,22-23H,1-2H3,(H-,27,28,30,31)/p+1/b29-15-/t22-,23-/m1/s1. The Kier molecular flexibility index (Phi) is 5.87. The van der Waals surface area contributed by atoms with Crippen LogP contribution in [0.15, 0.2) is 72.8 Å². The van der Waals surface area contributed by atoms with E-state index in [0.29, 0.717) is 10.6 Å². The van der Waals surface area contributed by atoms with Crippen LogP contribution in [0.5, 0.6) is 0 Å². The van der Waals surface area contributed by atoms with Gasteiger partial charge in [0.25, 0.3) is 5.91 Å². The number of benzene rings is 3. The Morgan fingerprint density at radius 1 is 0.935 bits per heavy atom. The molecule has 31 heavy (non-hydrogen) atoms. The lowest BCUT2D eigenvalue weighted by atomic mass is 9.98. The first kappa shape index (κ1) is 20.8. The Bertz CT molecular complexity index is 1140. The van der Waals surface area contributed by atoms with Crippen LogP contribution in [0.2, 0.25) is 5.02 Å². The molecule has 6 heteroatoms. The minimum Gasteiger partial charge on any atom is -0.334 e. The number of hydrogen-bond donors (Lipinski definition) is 2. The molecule has 0 unspecified atom stereocenters. The third-order valence-corrected chi connectivity index (χ3v) is 5.57. The fourth-order valence-corrected chi connectivity index (χ4v) is 3.71. The molecular formula is C25H23ClN3O2+. The van der Waals surface area contributed by atoms with Crippen molar-refractivity contribution in [2.75, 3.05) is 0 Å². The molecule has 1 aliphatic heterocycles. The highest BCUT2D eigenvalue weighted by Crippen LogP contribution is 2.26. The molecule has 2 amide bonds. The van der Waals surface area contributed by atoms with Crippen molar-refractivity contribution >= 4 is 29.6 Å². The maximum absolute atomic E-state index is 12.9. The van der Waals surface area contributed by atoms with E-state index in [0.717, 1.165) is 22.3 Å². The molecule has 0 radical (unpaired) electrons. The first-order chi connectivity index (χ1) is 14.9. The van der Waals surface area contributed by atoms with Crippen LogP contribution >= 0.6 is 11.6 Å². The van der Waals surface area contributed by atoms with Crippen molar-refractivity contribution in [3.63, 3.8) is 0 Å². The van der Waals surface area contributed by atoms with E-state index < -0.39 is 12.1 Å². The van der Waals surface area contributed by atoms with Gasteiger partial charge < -0.3 is 5.32 Å². The van der Waals surface area contributed by atoms with E-state index in [1.807, 2.05) is 68.6 Å². The van der Waals surface area contributed by atoms with Crippen molar-refractivity contribution in [2.45, 2.75) is 25.9 Å². The van der Waals surface area contributed by atoms with Gasteiger partial charge >= 0.3 is 5.91 Å². The molecule has 0 bridgehead atoms. The predicted molar refractivity (Wildman–Crippen MR) is 121 cm³/mol. The zero-order chi connectivity index (χ0) is 22.0. The maximum Gasteiger partial charge on any atom is 0.304 e. The van der Waals surface area contributed by atoms with Crippen LogP contribution < -0.4 is 10.7 Å². The summed E-state index contributed by atoms with van der Waals surface area (Å²) in [6, 6.07) is 21.4. The monoisotopic (exact) mass is 432 g/mol. The first-order valence-electron chi connectivity index (χ1n) is 10.0. The van der Waals surface area contributed by atoms with E-state index in [2.05, 4.69) is 10.7 Å². The number of hydrazone groups is 1. The van der Waals surface area contributed by atoms with Gasteiger partial charge in [-0.2, -0.15) is 0 Å². The van der Waals surface area contributed by atoms with E-state index in [-0.39, 0.29) is 11.8 Å². The van der Waals surface area contributed by atoms with Crippen LogP contribution in [0, 0.1) is 13.8 Å². The second-order valence-corrected chi connectivity index (χ2v) is 8.17. The maximum atomic E-state index is 12.9. The van der Waals surface area contributed by atoms with Crippen LogP contribution in [-0.2, 0) is 4.79 Å². The first-order valence-corrected chi connectivity index (χ1v) is 10.4. The highest BCUT2D eigenvalue weighted by Gasteiger charge is 2.47. The molecule has 4 rings (SSSR count). The number of hydrogen-bond acceptors (Lipinski definition) is 2. The number of aryl methyl sites for hydroxylation is 2. The molecule has 0 saturated carbocycles. The van der Waals surface area contributed by atoms with Crippen molar-refractivity contribution in [3.05, 3.63) is 106 Å². The molecule has 2 N–H and O–H groups in total. The van der Waals surface area contributed by atoms with E-state index in [9.17, 15) is 9.59 Å². The molecule has 0 aromatic heterocycles. The molecule has 0 spiro atoms. The summed E-state index contributed by atoms with van der Waals surface area (Å²) in [5.41, 5.74) is 7.39. The van der Waals surface area contributed by atoms with Crippen LogP contribution in [-0.4, -0.2) is 28.8 Å². The van der Waals surface area contributed by atoms with Gasteiger partial charge in [0.05, 0.1) is 0 Å². The van der Waals surface area contributed by atoms with E-state index in [1.165, 1.54) is 0 Å². The molecule has 1 saturated heterocycles. The number of halogens is 1. The summed E-state index contributed by atoms with van der Waals surface area (Å²) in [5.74, 6) is -0.554. The van der Waals surface area contributed by atoms with Crippen molar-refractivity contribution < 1.29 is 14.3 Å². The minimum absolute atomic E-state index is 0.267. The SMILES string of the molecule is Cc1ccc(C(=O)N[C@H]2C(=O)N/[N+](=C\c3ccc(Cl)cc3)[C@@H]2c2ccc(C)cc2)cc1. The average Bonchev–Trinajstić information content (AvgIpc) is 3.05. The largest absolute Gasteiger partial charge is 0.334 e. The van der Waals surface area contributed by atoms with Gasteiger partial charge in [0.15, 0.2) is 6.04 Å². The van der Waals surface area contributed by atoms with Gasteiger partial charge in [0.1, 0.15) is 0 Å². The second kappa shape index (κ2) is 8.74. The molecule has 2 atom stereocenters. The summed E-state index contributed by atoms with van der Waals surface area (Å²) in [4.78, 5) is 25.7. The average molecular weight is 433 g/mol. The highest BCUT2D eigenvalue weighted by atomic mass is 35.5. The number of nitrogens with one attached hydrogen (secondary N) is 2. The summed E-state index contributed by atoms with van der Waals surface area (Å²) in [7, 11) is 0. The predicted octanol–water partition coefficient (Wildman–Crippen LogP) is 3.97. The van der Waals surface area contributed by atoms with Crippen molar-refractivity contribution in [1.82, 2.24) is 10.7 Å².